The lowest BCUT2D eigenvalue weighted by molar-refractivity contribution is -0.140. The first-order valence-corrected chi connectivity index (χ1v) is 10.8. The number of rotatable bonds is 7. The molecule has 2 fully saturated rings. The van der Waals surface area contributed by atoms with Gasteiger partial charge in [0.25, 0.3) is 11.7 Å². The van der Waals surface area contributed by atoms with E-state index in [0.29, 0.717) is 48.9 Å². The van der Waals surface area contributed by atoms with Crippen LogP contribution in [0.15, 0.2) is 48.3 Å². The number of pyridine rings is 1. The fourth-order valence-corrected chi connectivity index (χ4v) is 4.21. The van der Waals surface area contributed by atoms with Crippen LogP contribution < -0.4 is 9.47 Å². The molecule has 1 atom stereocenters. The predicted molar refractivity (Wildman–Crippen MR) is 120 cm³/mol. The largest absolute Gasteiger partial charge is 0.507 e. The summed E-state index contributed by atoms with van der Waals surface area (Å²) in [5, 5.41) is 11.2. The Morgan fingerprint density at radius 3 is 2.55 bits per heavy atom. The van der Waals surface area contributed by atoms with Gasteiger partial charge in [0.05, 0.1) is 39.0 Å². The SMILES string of the molecule is COc1ccc(C(O)=C2C(=O)C(=O)N(CCN3CCOCC3)[C@H]2c2cccnc2)cc1OC. The van der Waals surface area contributed by atoms with Crippen LogP contribution in [0.25, 0.3) is 5.76 Å². The van der Waals surface area contributed by atoms with Crippen molar-refractivity contribution in [1.29, 1.82) is 0 Å². The van der Waals surface area contributed by atoms with Crippen LogP contribution in [0.3, 0.4) is 0 Å². The summed E-state index contributed by atoms with van der Waals surface area (Å²) in [7, 11) is 3.00. The first-order chi connectivity index (χ1) is 16.0. The number of amides is 1. The number of nitrogens with zero attached hydrogens (tertiary/aromatic N) is 3. The van der Waals surface area contributed by atoms with Crippen molar-refractivity contribution in [2.75, 3.05) is 53.6 Å². The quantitative estimate of drug-likeness (QED) is 0.385. The van der Waals surface area contributed by atoms with E-state index < -0.39 is 17.7 Å². The van der Waals surface area contributed by atoms with Crippen LogP contribution in [-0.4, -0.2) is 85.2 Å². The van der Waals surface area contributed by atoms with Crippen molar-refractivity contribution < 1.29 is 28.9 Å². The number of ether oxygens (including phenoxy) is 3. The van der Waals surface area contributed by atoms with E-state index in [1.54, 1.807) is 42.7 Å². The highest BCUT2D eigenvalue weighted by atomic mass is 16.5. The molecule has 0 unspecified atom stereocenters. The van der Waals surface area contributed by atoms with E-state index in [-0.39, 0.29) is 11.3 Å². The highest BCUT2D eigenvalue weighted by Gasteiger charge is 2.46. The van der Waals surface area contributed by atoms with Crippen LogP contribution >= 0.6 is 0 Å². The lowest BCUT2D eigenvalue weighted by Crippen LogP contribution is -2.42. The minimum Gasteiger partial charge on any atom is -0.507 e. The van der Waals surface area contributed by atoms with Crippen molar-refractivity contribution in [2.45, 2.75) is 6.04 Å². The van der Waals surface area contributed by atoms with E-state index in [9.17, 15) is 14.7 Å². The molecule has 33 heavy (non-hydrogen) atoms. The van der Waals surface area contributed by atoms with Gasteiger partial charge in [-0.1, -0.05) is 6.07 Å². The smallest absolute Gasteiger partial charge is 0.295 e. The van der Waals surface area contributed by atoms with Crippen LogP contribution in [0.4, 0.5) is 0 Å². The first-order valence-electron chi connectivity index (χ1n) is 10.8. The van der Waals surface area contributed by atoms with Crippen LogP contribution in [0, 0.1) is 0 Å². The Balaban J connectivity index is 1.73. The van der Waals surface area contributed by atoms with Gasteiger partial charge < -0.3 is 24.2 Å². The molecular weight excluding hydrogens is 426 g/mol. The van der Waals surface area contributed by atoms with Gasteiger partial charge in [-0.3, -0.25) is 19.5 Å². The first kappa shape index (κ1) is 22.8. The third-order valence-corrected chi connectivity index (χ3v) is 5.96. The molecule has 4 rings (SSSR count). The fourth-order valence-electron chi connectivity index (χ4n) is 4.21. The van der Waals surface area contributed by atoms with Crippen molar-refractivity contribution in [3.05, 3.63) is 59.4 Å². The van der Waals surface area contributed by atoms with Crippen molar-refractivity contribution in [3.8, 4) is 11.5 Å². The molecule has 2 aliphatic rings. The number of likely N-dealkylation sites (tertiary alicyclic amines) is 1. The van der Waals surface area contributed by atoms with Gasteiger partial charge in [0.1, 0.15) is 5.76 Å². The van der Waals surface area contributed by atoms with Gasteiger partial charge in [-0.2, -0.15) is 0 Å². The van der Waals surface area contributed by atoms with Crippen LogP contribution in [0.5, 0.6) is 11.5 Å². The number of hydrogen-bond donors (Lipinski definition) is 1. The summed E-state index contributed by atoms with van der Waals surface area (Å²) >= 11 is 0. The maximum atomic E-state index is 13.1. The minimum absolute atomic E-state index is 0.0298. The lowest BCUT2D eigenvalue weighted by atomic mass is 9.96. The Bertz CT molecular complexity index is 1050. The Morgan fingerprint density at radius 2 is 1.88 bits per heavy atom. The van der Waals surface area contributed by atoms with E-state index in [4.69, 9.17) is 14.2 Å². The van der Waals surface area contributed by atoms with E-state index in [0.717, 1.165) is 13.1 Å². The minimum atomic E-state index is -0.743. The van der Waals surface area contributed by atoms with Gasteiger partial charge in [-0.15, -0.1) is 0 Å². The number of ketones is 1. The second-order valence-corrected chi connectivity index (χ2v) is 7.80. The number of aliphatic hydroxyl groups is 1. The molecule has 1 amide bonds. The molecule has 3 heterocycles. The van der Waals surface area contributed by atoms with E-state index in [1.165, 1.54) is 19.1 Å². The molecule has 0 radical (unpaired) electrons. The summed E-state index contributed by atoms with van der Waals surface area (Å²) in [5.74, 6) is -0.737. The molecule has 1 aromatic carbocycles. The molecule has 2 aliphatic heterocycles. The van der Waals surface area contributed by atoms with E-state index >= 15 is 0 Å². The molecule has 1 aromatic heterocycles. The highest BCUT2D eigenvalue weighted by molar-refractivity contribution is 6.46. The average Bonchev–Trinajstić information content (AvgIpc) is 3.12. The predicted octanol–water partition coefficient (Wildman–Crippen LogP) is 1.85. The molecule has 2 aromatic rings. The van der Waals surface area contributed by atoms with Crippen molar-refractivity contribution in [3.63, 3.8) is 0 Å². The van der Waals surface area contributed by atoms with E-state index in [1.807, 2.05) is 0 Å². The second-order valence-electron chi connectivity index (χ2n) is 7.80. The van der Waals surface area contributed by atoms with Gasteiger partial charge in [0, 0.05) is 44.1 Å². The third-order valence-electron chi connectivity index (χ3n) is 5.96. The molecular formula is C24H27N3O6. The zero-order valence-corrected chi connectivity index (χ0v) is 18.7. The van der Waals surface area contributed by atoms with Crippen molar-refractivity contribution in [2.24, 2.45) is 0 Å². The summed E-state index contributed by atoms with van der Waals surface area (Å²) in [6.45, 7) is 3.77. The Kier molecular flexibility index (Phi) is 6.90. The number of carbonyl (C=O) groups excluding carboxylic acids is 2. The molecule has 0 aliphatic carbocycles. The average molecular weight is 453 g/mol. The third kappa shape index (κ3) is 4.55. The lowest BCUT2D eigenvalue weighted by Gasteiger charge is -2.30. The second kappa shape index (κ2) is 10.0. The van der Waals surface area contributed by atoms with Gasteiger partial charge in [-0.05, 0) is 29.8 Å². The molecule has 9 heteroatoms. The van der Waals surface area contributed by atoms with Crippen molar-refractivity contribution >= 4 is 17.4 Å². The molecule has 1 N–H and O–H groups in total. The normalized spacial score (nSPS) is 20.8. The maximum Gasteiger partial charge on any atom is 0.295 e. The maximum absolute atomic E-state index is 13.1. The van der Waals surface area contributed by atoms with Crippen LogP contribution in [-0.2, 0) is 14.3 Å². The number of carbonyl (C=O) groups is 2. The Morgan fingerprint density at radius 1 is 1.12 bits per heavy atom. The number of Topliss-reactive ketones (excluding diaryl/α,β-unsaturated/α-hetero) is 1. The molecule has 0 spiro atoms. The molecule has 174 valence electrons. The zero-order chi connectivity index (χ0) is 23.4. The zero-order valence-electron chi connectivity index (χ0n) is 18.7. The summed E-state index contributed by atoms with van der Waals surface area (Å²) in [4.78, 5) is 34.0. The summed E-state index contributed by atoms with van der Waals surface area (Å²) in [6.07, 6.45) is 3.23. The summed E-state index contributed by atoms with van der Waals surface area (Å²) in [5.41, 5.74) is 1.04. The number of methoxy groups -OCH3 is 2. The Labute approximate surface area is 192 Å². The van der Waals surface area contributed by atoms with E-state index in [2.05, 4.69) is 9.88 Å². The van der Waals surface area contributed by atoms with Crippen LogP contribution in [0.2, 0.25) is 0 Å². The standard InChI is InChI=1S/C24H27N3O6/c1-31-18-6-5-16(14-19(18)32-2)22(28)20-21(17-4-3-7-25-15-17)27(24(30)23(20)29)9-8-26-10-12-33-13-11-26/h3-7,14-15,21,28H,8-13H2,1-2H3/t21-/m0/s1. The number of benzene rings is 1. The van der Waals surface area contributed by atoms with Crippen molar-refractivity contribution in [1.82, 2.24) is 14.8 Å². The molecule has 2 saturated heterocycles. The topological polar surface area (TPSA) is 101 Å². The van der Waals surface area contributed by atoms with Gasteiger partial charge in [0.15, 0.2) is 11.5 Å². The summed E-state index contributed by atoms with van der Waals surface area (Å²) in [6, 6.07) is 7.64. The number of aromatic nitrogens is 1. The Hall–Kier alpha value is -3.43. The van der Waals surface area contributed by atoms with Gasteiger partial charge in [-0.25, -0.2) is 0 Å². The van der Waals surface area contributed by atoms with Gasteiger partial charge in [0.2, 0.25) is 0 Å². The number of hydrogen-bond acceptors (Lipinski definition) is 8. The monoisotopic (exact) mass is 453 g/mol. The fraction of sp³-hybridized carbons (Fsp3) is 0.375. The number of morpholine rings is 1. The van der Waals surface area contributed by atoms with Crippen LogP contribution in [0.1, 0.15) is 17.2 Å². The molecule has 9 nitrogen and oxygen atoms in total. The summed E-state index contributed by atoms with van der Waals surface area (Å²) < 4.78 is 16.0. The molecule has 0 bridgehead atoms. The highest BCUT2D eigenvalue weighted by Crippen LogP contribution is 2.40. The van der Waals surface area contributed by atoms with Gasteiger partial charge >= 0.3 is 0 Å². The number of aliphatic hydroxyl groups excluding tert-OH is 1. The molecule has 0 saturated carbocycles.